The van der Waals surface area contributed by atoms with Crippen molar-refractivity contribution >= 4 is 10.8 Å². The Morgan fingerprint density at radius 2 is 1.23 bits per heavy atom. The molecule has 0 amide bonds. The van der Waals surface area contributed by atoms with Crippen molar-refractivity contribution in [2.45, 2.75) is 28.4 Å². The van der Waals surface area contributed by atoms with Crippen molar-refractivity contribution in [1.29, 1.82) is 0 Å². The van der Waals surface area contributed by atoms with E-state index in [0.29, 0.717) is 0 Å². The van der Waals surface area contributed by atoms with E-state index in [9.17, 15) is 4.21 Å². The Kier molecular flexibility index (Phi) is 4.86. The second-order valence-electron chi connectivity index (χ2n) is 7.59. The van der Waals surface area contributed by atoms with Gasteiger partial charge in [0, 0.05) is 15.4 Å². The van der Waals surface area contributed by atoms with Gasteiger partial charge in [-0.15, -0.1) is 0 Å². The van der Waals surface area contributed by atoms with Crippen LogP contribution in [0.25, 0.3) is 0 Å². The first-order chi connectivity index (χ1) is 14.7. The highest BCUT2D eigenvalue weighted by molar-refractivity contribution is 7.85. The summed E-state index contributed by atoms with van der Waals surface area (Å²) < 4.78 is 19.9. The van der Waals surface area contributed by atoms with Crippen molar-refractivity contribution < 1.29 is 8.95 Å². The van der Waals surface area contributed by atoms with Crippen LogP contribution >= 0.6 is 0 Å². The molecule has 1 aliphatic heterocycles. The van der Waals surface area contributed by atoms with Crippen LogP contribution in [0.1, 0.15) is 28.4 Å². The van der Waals surface area contributed by atoms with Gasteiger partial charge in [0.25, 0.3) is 0 Å². The highest BCUT2D eigenvalue weighted by Crippen LogP contribution is 2.61. The minimum atomic E-state index is -1.27. The number of benzene rings is 4. The lowest BCUT2D eigenvalue weighted by Gasteiger charge is -2.15. The van der Waals surface area contributed by atoms with Crippen molar-refractivity contribution in [1.82, 2.24) is 0 Å². The van der Waals surface area contributed by atoms with E-state index in [1.54, 1.807) is 0 Å². The minimum Gasteiger partial charge on any atom is -0.351 e. The standard InChI is InChI=1S/C27H22O2S/c1-20-16-18-23(19-17-20)30(28)25-15-9-8-14-24(25)26-27(29-26,21-10-4-2-5-11-21)22-12-6-3-7-13-22/h2-19,26H,1H3/t26-,30?/m0/s1. The molecule has 2 atom stereocenters. The van der Waals surface area contributed by atoms with Crippen LogP contribution in [0.3, 0.4) is 0 Å². The lowest BCUT2D eigenvalue weighted by Crippen LogP contribution is -2.13. The van der Waals surface area contributed by atoms with Gasteiger partial charge in [0.2, 0.25) is 0 Å². The van der Waals surface area contributed by atoms with Crippen molar-refractivity contribution in [3.8, 4) is 0 Å². The molecular formula is C27H22O2S. The maximum atomic E-state index is 13.5. The summed E-state index contributed by atoms with van der Waals surface area (Å²) in [6, 6.07) is 36.4. The maximum Gasteiger partial charge on any atom is 0.149 e. The maximum absolute atomic E-state index is 13.5. The molecule has 148 valence electrons. The first kappa shape index (κ1) is 19.0. The summed E-state index contributed by atoms with van der Waals surface area (Å²) >= 11 is 0. The predicted octanol–water partition coefficient (Wildman–Crippen LogP) is 6.18. The van der Waals surface area contributed by atoms with E-state index < -0.39 is 16.4 Å². The number of ether oxygens (including phenoxy) is 1. The van der Waals surface area contributed by atoms with Crippen LogP contribution in [-0.4, -0.2) is 4.21 Å². The molecule has 2 nitrogen and oxygen atoms in total. The highest BCUT2D eigenvalue weighted by atomic mass is 32.2. The minimum absolute atomic E-state index is 0.187. The molecule has 3 heteroatoms. The number of hydrogen-bond acceptors (Lipinski definition) is 2. The SMILES string of the molecule is Cc1ccc(S(=O)c2ccccc2[C@@H]2OC2(c2ccccc2)c2ccccc2)cc1. The molecule has 1 fully saturated rings. The van der Waals surface area contributed by atoms with Gasteiger partial charge >= 0.3 is 0 Å². The van der Waals surface area contributed by atoms with Crippen molar-refractivity contribution in [2.24, 2.45) is 0 Å². The van der Waals surface area contributed by atoms with Gasteiger partial charge < -0.3 is 4.74 Å². The monoisotopic (exact) mass is 410 g/mol. The van der Waals surface area contributed by atoms with Gasteiger partial charge in [-0.25, -0.2) is 4.21 Å². The topological polar surface area (TPSA) is 29.6 Å². The van der Waals surface area contributed by atoms with Crippen LogP contribution in [0.15, 0.2) is 119 Å². The van der Waals surface area contributed by atoms with Gasteiger partial charge in [0.1, 0.15) is 11.7 Å². The zero-order valence-electron chi connectivity index (χ0n) is 16.7. The van der Waals surface area contributed by atoms with Crippen molar-refractivity contribution in [3.63, 3.8) is 0 Å². The molecule has 0 saturated carbocycles. The molecule has 0 radical (unpaired) electrons. The molecule has 0 N–H and O–H groups in total. The zero-order chi connectivity index (χ0) is 20.6. The Bertz CT molecular complexity index is 1140. The summed E-state index contributed by atoms with van der Waals surface area (Å²) in [6.45, 7) is 2.03. The van der Waals surface area contributed by atoms with E-state index in [2.05, 4.69) is 24.3 Å². The van der Waals surface area contributed by atoms with E-state index in [1.807, 2.05) is 91.9 Å². The fraction of sp³-hybridized carbons (Fsp3) is 0.111. The molecule has 4 aromatic rings. The molecule has 0 aromatic heterocycles. The van der Waals surface area contributed by atoms with Gasteiger partial charge in [-0.3, -0.25) is 0 Å². The normalized spacial score (nSPS) is 18.0. The predicted molar refractivity (Wildman–Crippen MR) is 120 cm³/mol. The molecule has 5 rings (SSSR count). The number of hydrogen-bond donors (Lipinski definition) is 0. The molecule has 30 heavy (non-hydrogen) atoms. The van der Waals surface area contributed by atoms with Gasteiger partial charge in [-0.1, -0.05) is 96.6 Å². The summed E-state index contributed by atoms with van der Waals surface area (Å²) in [6.07, 6.45) is -0.187. The van der Waals surface area contributed by atoms with Crippen molar-refractivity contribution in [2.75, 3.05) is 0 Å². The molecule has 1 heterocycles. The number of epoxide rings is 1. The van der Waals surface area contributed by atoms with E-state index in [1.165, 1.54) is 0 Å². The molecule has 4 aromatic carbocycles. The average molecular weight is 411 g/mol. The molecular weight excluding hydrogens is 388 g/mol. The van der Waals surface area contributed by atoms with Crippen molar-refractivity contribution in [3.05, 3.63) is 131 Å². The Morgan fingerprint density at radius 1 is 0.700 bits per heavy atom. The van der Waals surface area contributed by atoms with Gasteiger partial charge in [0.05, 0.1) is 10.8 Å². The van der Waals surface area contributed by atoms with Crippen LogP contribution in [0.4, 0.5) is 0 Å². The number of aryl methyl sites for hydroxylation is 1. The lowest BCUT2D eigenvalue weighted by molar-refractivity contribution is 0.328. The third-order valence-electron chi connectivity index (χ3n) is 5.66. The molecule has 0 bridgehead atoms. The Balaban J connectivity index is 1.60. The summed E-state index contributed by atoms with van der Waals surface area (Å²) in [4.78, 5) is 1.61. The van der Waals surface area contributed by atoms with E-state index >= 15 is 0 Å². The number of rotatable bonds is 5. The lowest BCUT2D eigenvalue weighted by atomic mass is 9.85. The van der Waals surface area contributed by atoms with Gasteiger partial charge in [-0.2, -0.15) is 0 Å². The largest absolute Gasteiger partial charge is 0.351 e. The van der Waals surface area contributed by atoms with Gasteiger partial charge in [0.15, 0.2) is 0 Å². The third-order valence-corrected chi connectivity index (χ3v) is 7.13. The first-order valence-corrected chi connectivity index (χ1v) is 11.2. The fourth-order valence-electron chi connectivity index (χ4n) is 4.07. The second-order valence-corrected chi connectivity index (χ2v) is 9.03. The highest BCUT2D eigenvalue weighted by Gasteiger charge is 2.60. The Labute approximate surface area is 179 Å². The molecule has 1 unspecified atom stereocenters. The molecule has 0 spiro atoms. The second kappa shape index (κ2) is 7.67. The average Bonchev–Trinajstić information content (AvgIpc) is 3.57. The summed E-state index contributed by atoms with van der Waals surface area (Å²) in [5, 5.41) is 0. The summed E-state index contributed by atoms with van der Waals surface area (Å²) in [7, 11) is -1.27. The van der Waals surface area contributed by atoms with E-state index in [-0.39, 0.29) is 6.10 Å². The molecule has 0 aliphatic carbocycles. The fourth-order valence-corrected chi connectivity index (χ4v) is 5.29. The van der Waals surface area contributed by atoms with Crippen LogP contribution in [0.5, 0.6) is 0 Å². The summed E-state index contributed by atoms with van der Waals surface area (Å²) in [5.41, 5.74) is 3.79. The van der Waals surface area contributed by atoms with E-state index in [0.717, 1.165) is 32.0 Å². The Morgan fingerprint density at radius 3 is 1.83 bits per heavy atom. The van der Waals surface area contributed by atoms with Crippen LogP contribution in [0, 0.1) is 6.92 Å². The molecule has 1 saturated heterocycles. The smallest absolute Gasteiger partial charge is 0.149 e. The van der Waals surface area contributed by atoms with Crippen LogP contribution in [0.2, 0.25) is 0 Å². The van der Waals surface area contributed by atoms with Gasteiger partial charge in [-0.05, 0) is 36.2 Å². The van der Waals surface area contributed by atoms with Crippen LogP contribution < -0.4 is 0 Å². The quantitative estimate of drug-likeness (QED) is 0.368. The summed E-state index contributed by atoms with van der Waals surface area (Å²) in [5.74, 6) is 0. The van der Waals surface area contributed by atoms with Crippen LogP contribution in [-0.2, 0) is 21.1 Å². The molecule has 1 aliphatic rings. The Hall–Kier alpha value is -3.01. The zero-order valence-corrected chi connectivity index (χ0v) is 17.5. The first-order valence-electron chi connectivity index (χ1n) is 10.1. The van der Waals surface area contributed by atoms with E-state index in [4.69, 9.17) is 4.74 Å². The third kappa shape index (κ3) is 3.20.